The molecule has 0 radical (unpaired) electrons. The SMILES string of the molecule is NS(=O)(=O)c1nnc(-c2cncnc2)n1-c1ccccc1. The number of sulfonamides is 1. The molecule has 0 bridgehead atoms. The fourth-order valence-corrected chi connectivity index (χ4v) is 2.47. The third kappa shape index (κ3) is 2.51. The molecule has 8 nitrogen and oxygen atoms in total. The molecule has 0 saturated heterocycles. The molecule has 0 saturated carbocycles. The monoisotopic (exact) mass is 302 g/mol. The Morgan fingerprint density at radius 3 is 2.29 bits per heavy atom. The zero-order valence-corrected chi connectivity index (χ0v) is 11.5. The van der Waals surface area contributed by atoms with Crippen molar-refractivity contribution in [2.24, 2.45) is 5.14 Å². The maximum absolute atomic E-state index is 11.7. The number of benzene rings is 1. The van der Waals surface area contributed by atoms with E-state index in [1.807, 2.05) is 6.07 Å². The van der Waals surface area contributed by atoms with Crippen molar-refractivity contribution in [3.63, 3.8) is 0 Å². The van der Waals surface area contributed by atoms with Gasteiger partial charge in [-0.15, -0.1) is 10.2 Å². The van der Waals surface area contributed by atoms with Crippen molar-refractivity contribution in [2.45, 2.75) is 5.16 Å². The van der Waals surface area contributed by atoms with E-state index in [2.05, 4.69) is 20.2 Å². The summed E-state index contributed by atoms with van der Waals surface area (Å²) in [7, 11) is -4.02. The molecule has 2 N–H and O–H groups in total. The third-order valence-electron chi connectivity index (χ3n) is 2.72. The number of nitrogens with two attached hydrogens (primary N) is 1. The van der Waals surface area contributed by atoms with Gasteiger partial charge in [-0.2, -0.15) is 0 Å². The highest BCUT2D eigenvalue weighted by atomic mass is 32.2. The van der Waals surface area contributed by atoms with Crippen molar-refractivity contribution in [1.29, 1.82) is 0 Å². The first-order chi connectivity index (χ1) is 10.1. The molecular formula is C12H10N6O2S. The van der Waals surface area contributed by atoms with Crippen LogP contribution in [0.15, 0.2) is 54.2 Å². The topological polar surface area (TPSA) is 117 Å². The van der Waals surface area contributed by atoms with E-state index in [9.17, 15) is 8.42 Å². The Hall–Kier alpha value is -2.65. The number of nitrogens with zero attached hydrogens (tertiary/aromatic N) is 5. The zero-order chi connectivity index (χ0) is 14.9. The van der Waals surface area contributed by atoms with Gasteiger partial charge in [0.05, 0.1) is 5.56 Å². The smallest absolute Gasteiger partial charge is 0.265 e. The first-order valence-corrected chi connectivity index (χ1v) is 7.41. The van der Waals surface area contributed by atoms with Gasteiger partial charge in [0.1, 0.15) is 6.33 Å². The van der Waals surface area contributed by atoms with Crippen LogP contribution in [-0.4, -0.2) is 33.2 Å². The van der Waals surface area contributed by atoms with Gasteiger partial charge in [-0.05, 0) is 12.1 Å². The summed E-state index contributed by atoms with van der Waals surface area (Å²) in [5.41, 5.74) is 1.11. The van der Waals surface area contributed by atoms with Gasteiger partial charge in [0.15, 0.2) is 5.82 Å². The lowest BCUT2D eigenvalue weighted by atomic mass is 10.3. The normalized spacial score (nSPS) is 11.5. The second-order valence-corrected chi connectivity index (χ2v) is 5.60. The molecule has 0 unspecified atom stereocenters. The highest BCUT2D eigenvalue weighted by molar-refractivity contribution is 7.89. The highest BCUT2D eigenvalue weighted by Gasteiger charge is 2.23. The van der Waals surface area contributed by atoms with Crippen LogP contribution in [0.3, 0.4) is 0 Å². The van der Waals surface area contributed by atoms with Crippen LogP contribution in [0.5, 0.6) is 0 Å². The van der Waals surface area contributed by atoms with Crippen molar-refractivity contribution in [2.75, 3.05) is 0 Å². The summed E-state index contributed by atoms with van der Waals surface area (Å²) in [6.45, 7) is 0. The number of para-hydroxylation sites is 1. The van der Waals surface area contributed by atoms with Crippen molar-refractivity contribution >= 4 is 10.0 Å². The van der Waals surface area contributed by atoms with E-state index < -0.39 is 10.0 Å². The molecule has 3 aromatic rings. The number of rotatable bonds is 3. The van der Waals surface area contributed by atoms with Gasteiger partial charge >= 0.3 is 0 Å². The van der Waals surface area contributed by atoms with E-state index in [-0.39, 0.29) is 5.16 Å². The summed E-state index contributed by atoms with van der Waals surface area (Å²) in [6.07, 6.45) is 4.40. The largest absolute Gasteiger partial charge is 0.274 e. The van der Waals surface area contributed by atoms with Crippen molar-refractivity contribution < 1.29 is 8.42 Å². The Labute approximate surface area is 120 Å². The van der Waals surface area contributed by atoms with Gasteiger partial charge in [0.25, 0.3) is 15.2 Å². The molecule has 2 heterocycles. The van der Waals surface area contributed by atoms with E-state index in [0.717, 1.165) is 0 Å². The van der Waals surface area contributed by atoms with Gasteiger partial charge < -0.3 is 0 Å². The minimum atomic E-state index is -4.02. The minimum absolute atomic E-state index is 0.297. The Morgan fingerprint density at radius 2 is 1.67 bits per heavy atom. The fourth-order valence-electron chi connectivity index (χ4n) is 1.87. The van der Waals surface area contributed by atoms with Gasteiger partial charge in [-0.3, -0.25) is 4.57 Å². The summed E-state index contributed by atoms with van der Waals surface area (Å²) < 4.78 is 24.7. The first kappa shape index (κ1) is 13.3. The molecule has 0 aliphatic rings. The summed E-state index contributed by atoms with van der Waals surface area (Å²) in [6, 6.07) is 8.81. The van der Waals surface area contributed by atoms with E-state index in [1.54, 1.807) is 24.3 Å². The van der Waals surface area contributed by atoms with E-state index in [0.29, 0.717) is 17.1 Å². The molecule has 3 rings (SSSR count). The van der Waals surface area contributed by atoms with E-state index >= 15 is 0 Å². The Balaban J connectivity index is 2.31. The number of hydrogen-bond acceptors (Lipinski definition) is 6. The fraction of sp³-hybridized carbons (Fsp3) is 0. The zero-order valence-electron chi connectivity index (χ0n) is 10.7. The molecule has 9 heteroatoms. The van der Waals surface area contributed by atoms with Crippen LogP contribution in [0.25, 0.3) is 17.1 Å². The molecular weight excluding hydrogens is 292 g/mol. The van der Waals surface area contributed by atoms with Crippen LogP contribution < -0.4 is 5.14 Å². The summed E-state index contributed by atoms with van der Waals surface area (Å²) in [5, 5.41) is 12.5. The second-order valence-electron chi connectivity index (χ2n) is 4.15. The first-order valence-electron chi connectivity index (χ1n) is 5.86. The quantitative estimate of drug-likeness (QED) is 0.747. The van der Waals surface area contributed by atoms with Crippen LogP contribution in [0, 0.1) is 0 Å². The Morgan fingerprint density at radius 1 is 1.00 bits per heavy atom. The van der Waals surface area contributed by atoms with Gasteiger partial charge in [0, 0.05) is 18.1 Å². The van der Waals surface area contributed by atoms with Crippen molar-refractivity contribution in [3.8, 4) is 17.1 Å². The lowest BCUT2D eigenvalue weighted by Crippen LogP contribution is -2.18. The molecule has 0 amide bonds. The average Bonchev–Trinajstić information content (AvgIpc) is 2.94. The average molecular weight is 302 g/mol. The molecule has 0 aliphatic heterocycles. The van der Waals surface area contributed by atoms with Crippen molar-refractivity contribution in [1.82, 2.24) is 24.7 Å². The third-order valence-corrected chi connectivity index (χ3v) is 3.49. The number of primary sulfonamides is 1. The Bertz CT molecular complexity index is 861. The lowest BCUT2D eigenvalue weighted by molar-refractivity contribution is 0.585. The molecule has 0 atom stereocenters. The Kier molecular flexibility index (Phi) is 3.20. The maximum atomic E-state index is 11.7. The summed E-state index contributed by atoms with van der Waals surface area (Å²) in [4.78, 5) is 7.79. The summed E-state index contributed by atoms with van der Waals surface area (Å²) in [5.74, 6) is 0.297. The molecule has 1 aromatic carbocycles. The standard InChI is InChI=1S/C12H10N6O2S/c13-21(19,20)12-17-16-11(9-6-14-8-15-7-9)18(12)10-4-2-1-3-5-10/h1-8H,(H2,13,19,20). The van der Waals surface area contributed by atoms with E-state index in [4.69, 9.17) is 5.14 Å². The van der Waals surface area contributed by atoms with E-state index in [1.165, 1.54) is 23.3 Å². The highest BCUT2D eigenvalue weighted by Crippen LogP contribution is 2.23. The second kappa shape index (κ2) is 5.04. The molecule has 21 heavy (non-hydrogen) atoms. The molecule has 0 aliphatic carbocycles. The molecule has 0 spiro atoms. The van der Waals surface area contributed by atoms with Gasteiger partial charge in [-0.1, -0.05) is 18.2 Å². The van der Waals surface area contributed by atoms with Crippen LogP contribution in [0.1, 0.15) is 0 Å². The maximum Gasteiger partial charge on any atom is 0.274 e. The van der Waals surface area contributed by atoms with Crippen LogP contribution in [0.2, 0.25) is 0 Å². The van der Waals surface area contributed by atoms with Gasteiger partial charge in [-0.25, -0.2) is 23.5 Å². The molecule has 2 aromatic heterocycles. The minimum Gasteiger partial charge on any atom is -0.265 e. The summed E-state index contributed by atoms with van der Waals surface area (Å²) >= 11 is 0. The number of hydrogen-bond donors (Lipinski definition) is 1. The molecule has 106 valence electrons. The van der Waals surface area contributed by atoms with Crippen molar-refractivity contribution in [3.05, 3.63) is 49.1 Å². The lowest BCUT2D eigenvalue weighted by Gasteiger charge is -2.08. The van der Waals surface area contributed by atoms with Crippen LogP contribution in [-0.2, 0) is 10.0 Å². The number of aromatic nitrogens is 5. The predicted octanol–water partition coefficient (Wildman–Crippen LogP) is 0.372. The molecule has 0 fully saturated rings. The predicted molar refractivity (Wildman–Crippen MR) is 73.8 cm³/mol. The van der Waals surface area contributed by atoms with Gasteiger partial charge in [0.2, 0.25) is 0 Å². The van der Waals surface area contributed by atoms with Crippen LogP contribution in [0.4, 0.5) is 0 Å². The van der Waals surface area contributed by atoms with Crippen LogP contribution >= 0.6 is 0 Å².